The molecule has 0 bridgehead atoms. The van der Waals surface area contributed by atoms with E-state index in [-0.39, 0.29) is 17.2 Å². The first kappa shape index (κ1) is 20.7. The largest absolute Gasteiger partial charge is 0.478 e. The summed E-state index contributed by atoms with van der Waals surface area (Å²) in [5.41, 5.74) is 3.02. The first-order valence-electron chi connectivity index (χ1n) is 9.07. The number of ether oxygens (including phenoxy) is 1. The Morgan fingerprint density at radius 3 is 2.45 bits per heavy atom. The van der Waals surface area contributed by atoms with Gasteiger partial charge in [-0.25, -0.2) is 14.6 Å². The zero-order valence-electron chi connectivity index (χ0n) is 15.8. The van der Waals surface area contributed by atoms with Crippen molar-refractivity contribution in [3.8, 4) is 0 Å². The van der Waals surface area contributed by atoms with Gasteiger partial charge < -0.3 is 15.2 Å². The van der Waals surface area contributed by atoms with Crippen LogP contribution in [0.1, 0.15) is 21.5 Å². The Bertz CT molecular complexity index is 1250. The van der Waals surface area contributed by atoms with Crippen LogP contribution in [0.25, 0.3) is 6.08 Å². The molecule has 0 fully saturated rings. The van der Waals surface area contributed by atoms with Gasteiger partial charge in [-0.15, -0.1) is 0 Å². The molecule has 0 saturated heterocycles. The molecule has 1 aliphatic rings. The van der Waals surface area contributed by atoms with Crippen molar-refractivity contribution >= 4 is 58.5 Å². The monoisotopic (exact) mass is 452 g/mol. The van der Waals surface area contributed by atoms with E-state index < -0.39 is 11.9 Å². The molecule has 0 atom stereocenters. The van der Waals surface area contributed by atoms with Gasteiger partial charge >= 0.3 is 11.9 Å². The fourth-order valence-corrected chi connectivity index (χ4v) is 3.19. The normalized spacial score (nSPS) is 14.3. The topological polar surface area (TPSA) is 88.0 Å². The van der Waals surface area contributed by atoms with Crippen LogP contribution in [0.4, 0.5) is 11.4 Å². The van der Waals surface area contributed by atoms with Crippen molar-refractivity contribution in [3.63, 3.8) is 0 Å². The minimum Gasteiger partial charge on any atom is -0.478 e. The Morgan fingerprint density at radius 2 is 1.74 bits per heavy atom. The lowest BCUT2D eigenvalue weighted by Crippen LogP contribution is -2.05. The molecule has 154 valence electrons. The van der Waals surface area contributed by atoms with Crippen molar-refractivity contribution in [2.45, 2.75) is 0 Å². The average Bonchev–Trinajstić information content (AvgIpc) is 3.11. The summed E-state index contributed by atoms with van der Waals surface area (Å²) in [5, 5.41) is 13.0. The number of carbonyl (C=O) groups is 2. The smallest absolute Gasteiger partial charge is 0.363 e. The SMILES string of the molecule is O=C1OC(c2ccc(Nc3cccc(C(=O)O)c3)cc2)=NC1=Cc1ccc(Cl)c(Cl)c1. The van der Waals surface area contributed by atoms with Crippen molar-refractivity contribution in [1.82, 2.24) is 0 Å². The second-order valence-electron chi connectivity index (χ2n) is 6.60. The van der Waals surface area contributed by atoms with E-state index in [4.69, 9.17) is 33.0 Å². The molecule has 0 aromatic heterocycles. The maximum Gasteiger partial charge on any atom is 0.363 e. The van der Waals surface area contributed by atoms with Gasteiger partial charge in [-0.3, -0.25) is 0 Å². The number of benzene rings is 3. The van der Waals surface area contributed by atoms with Crippen LogP contribution in [-0.2, 0) is 9.53 Å². The Morgan fingerprint density at radius 1 is 0.968 bits per heavy atom. The highest BCUT2D eigenvalue weighted by atomic mass is 35.5. The molecule has 0 spiro atoms. The predicted molar refractivity (Wildman–Crippen MR) is 120 cm³/mol. The van der Waals surface area contributed by atoms with Crippen LogP contribution in [0.2, 0.25) is 10.0 Å². The number of aromatic carboxylic acids is 1. The number of carboxylic acids is 1. The third-order valence-electron chi connectivity index (χ3n) is 4.40. The highest BCUT2D eigenvalue weighted by Gasteiger charge is 2.24. The van der Waals surface area contributed by atoms with Gasteiger partial charge in [0.05, 0.1) is 15.6 Å². The van der Waals surface area contributed by atoms with Gasteiger partial charge in [-0.05, 0) is 66.2 Å². The summed E-state index contributed by atoms with van der Waals surface area (Å²) in [5.74, 6) is -1.37. The Balaban J connectivity index is 1.52. The van der Waals surface area contributed by atoms with E-state index in [1.165, 1.54) is 6.07 Å². The van der Waals surface area contributed by atoms with Crippen LogP contribution in [0.3, 0.4) is 0 Å². The number of nitrogens with one attached hydrogen (secondary N) is 1. The van der Waals surface area contributed by atoms with E-state index in [1.54, 1.807) is 66.7 Å². The molecule has 31 heavy (non-hydrogen) atoms. The Labute approximate surface area is 187 Å². The van der Waals surface area contributed by atoms with Crippen molar-refractivity contribution in [1.29, 1.82) is 0 Å². The van der Waals surface area contributed by atoms with Gasteiger partial charge in [0.2, 0.25) is 5.90 Å². The van der Waals surface area contributed by atoms with E-state index >= 15 is 0 Å². The number of cyclic esters (lactones) is 1. The number of aliphatic imine (C=N–C) groups is 1. The van der Waals surface area contributed by atoms with Gasteiger partial charge in [-0.1, -0.05) is 35.3 Å². The second-order valence-corrected chi connectivity index (χ2v) is 7.41. The highest BCUT2D eigenvalue weighted by molar-refractivity contribution is 6.42. The molecule has 3 aromatic rings. The second kappa shape index (κ2) is 8.63. The van der Waals surface area contributed by atoms with Crippen molar-refractivity contribution in [2.24, 2.45) is 4.99 Å². The van der Waals surface area contributed by atoms with Crippen LogP contribution >= 0.6 is 23.2 Å². The third-order valence-corrected chi connectivity index (χ3v) is 5.14. The highest BCUT2D eigenvalue weighted by Crippen LogP contribution is 2.26. The summed E-state index contributed by atoms with van der Waals surface area (Å²) in [6, 6.07) is 18.5. The first-order chi connectivity index (χ1) is 14.9. The van der Waals surface area contributed by atoms with Gasteiger partial charge in [0.25, 0.3) is 0 Å². The minimum absolute atomic E-state index is 0.154. The standard InChI is InChI=1S/C23H14Cl2N2O4/c24-18-9-4-13(10-19(18)25)11-20-23(30)31-21(27-20)14-5-7-16(8-6-14)26-17-3-1-2-15(12-17)22(28)29/h1-12,26H,(H,28,29). The molecule has 1 heterocycles. The molecule has 4 rings (SSSR count). The first-order valence-corrected chi connectivity index (χ1v) is 9.83. The van der Waals surface area contributed by atoms with Crippen molar-refractivity contribution in [2.75, 3.05) is 5.32 Å². The molecule has 3 aromatic carbocycles. The van der Waals surface area contributed by atoms with Crippen LogP contribution in [0.15, 0.2) is 77.4 Å². The van der Waals surface area contributed by atoms with E-state index in [9.17, 15) is 9.59 Å². The number of anilines is 2. The maximum atomic E-state index is 12.2. The maximum absolute atomic E-state index is 12.2. The molecule has 0 amide bonds. The number of hydrogen-bond donors (Lipinski definition) is 2. The minimum atomic E-state index is -0.996. The zero-order chi connectivity index (χ0) is 22.0. The summed E-state index contributed by atoms with van der Waals surface area (Å²) in [6.45, 7) is 0. The number of nitrogens with zero attached hydrogens (tertiary/aromatic N) is 1. The van der Waals surface area contributed by atoms with Crippen molar-refractivity contribution in [3.05, 3.63) is 99.2 Å². The molecule has 0 unspecified atom stereocenters. The molecule has 1 aliphatic heterocycles. The molecule has 0 saturated carbocycles. The van der Waals surface area contributed by atoms with Crippen LogP contribution in [0, 0.1) is 0 Å². The number of carboxylic acid groups (broad SMARTS) is 1. The lowest BCUT2D eigenvalue weighted by Gasteiger charge is -2.08. The van der Waals surface area contributed by atoms with E-state index in [2.05, 4.69) is 10.3 Å². The van der Waals surface area contributed by atoms with Crippen LogP contribution in [0.5, 0.6) is 0 Å². The Kier molecular flexibility index (Phi) is 5.75. The molecule has 2 N–H and O–H groups in total. The summed E-state index contributed by atoms with van der Waals surface area (Å²) in [4.78, 5) is 27.6. The van der Waals surface area contributed by atoms with Gasteiger partial charge in [0.15, 0.2) is 5.70 Å². The van der Waals surface area contributed by atoms with Gasteiger partial charge in [-0.2, -0.15) is 0 Å². The average molecular weight is 453 g/mol. The lowest BCUT2D eigenvalue weighted by molar-refractivity contribution is -0.129. The number of carbonyl (C=O) groups excluding carboxylic acids is 1. The molecule has 8 heteroatoms. The van der Waals surface area contributed by atoms with Crippen molar-refractivity contribution < 1.29 is 19.4 Å². The summed E-state index contributed by atoms with van der Waals surface area (Å²) < 4.78 is 5.28. The molecule has 0 aliphatic carbocycles. The zero-order valence-corrected chi connectivity index (χ0v) is 17.3. The fourth-order valence-electron chi connectivity index (χ4n) is 2.89. The van der Waals surface area contributed by atoms with E-state index in [1.807, 2.05) is 0 Å². The third kappa shape index (κ3) is 4.77. The number of halogens is 2. The van der Waals surface area contributed by atoms with E-state index in [0.717, 1.165) is 5.69 Å². The van der Waals surface area contributed by atoms with Gasteiger partial charge in [0.1, 0.15) is 0 Å². The molecule has 0 radical (unpaired) electrons. The van der Waals surface area contributed by atoms with Crippen LogP contribution in [-0.4, -0.2) is 22.9 Å². The van der Waals surface area contributed by atoms with E-state index in [0.29, 0.717) is 26.9 Å². The molecule has 6 nitrogen and oxygen atoms in total. The number of hydrogen-bond acceptors (Lipinski definition) is 5. The number of esters is 1. The molecular formula is C23H14Cl2N2O4. The Hall–Kier alpha value is -3.61. The predicted octanol–water partition coefficient (Wildman–Crippen LogP) is 5.78. The lowest BCUT2D eigenvalue weighted by atomic mass is 10.1. The van der Waals surface area contributed by atoms with Gasteiger partial charge in [0, 0.05) is 16.9 Å². The molecular weight excluding hydrogens is 439 g/mol. The van der Waals surface area contributed by atoms with Crippen LogP contribution < -0.4 is 5.32 Å². The summed E-state index contributed by atoms with van der Waals surface area (Å²) in [6.07, 6.45) is 1.57. The summed E-state index contributed by atoms with van der Waals surface area (Å²) >= 11 is 11.9. The number of rotatable bonds is 5. The fraction of sp³-hybridized carbons (Fsp3) is 0. The summed E-state index contributed by atoms with van der Waals surface area (Å²) in [7, 11) is 0. The quantitative estimate of drug-likeness (QED) is 0.378.